The van der Waals surface area contributed by atoms with E-state index in [1.165, 1.54) is 11.8 Å². The van der Waals surface area contributed by atoms with Crippen LogP contribution in [0.4, 0.5) is 0 Å². The summed E-state index contributed by atoms with van der Waals surface area (Å²) in [4.78, 5) is 41.5. The summed E-state index contributed by atoms with van der Waals surface area (Å²) in [6.07, 6.45) is 5.37. The van der Waals surface area contributed by atoms with Gasteiger partial charge in [0, 0.05) is 18.2 Å². The third-order valence-corrected chi connectivity index (χ3v) is 6.79. The van der Waals surface area contributed by atoms with E-state index in [0.29, 0.717) is 30.0 Å². The number of carbonyl (C=O) groups excluding carboxylic acids is 3. The number of imide groups is 1. The predicted octanol–water partition coefficient (Wildman–Crippen LogP) is 3.61. The van der Waals surface area contributed by atoms with Crippen LogP contribution in [0.1, 0.15) is 73.7 Å². The number of rotatable bonds is 10. The van der Waals surface area contributed by atoms with Crippen LogP contribution in [0.2, 0.25) is 0 Å². The molecule has 2 N–H and O–H groups in total. The number of thioether (sulfide) groups is 1. The van der Waals surface area contributed by atoms with Crippen molar-refractivity contribution in [1.82, 2.24) is 25.7 Å². The Morgan fingerprint density at radius 1 is 1.17 bits per heavy atom. The van der Waals surface area contributed by atoms with E-state index in [1.54, 1.807) is 6.07 Å². The third-order valence-electron chi connectivity index (χ3n) is 6.27. The van der Waals surface area contributed by atoms with Gasteiger partial charge in [-0.05, 0) is 63.2 Å². The fourth-order valence-corrected chi connectivity index (χ4v) is 4.87. The van der Waals surface area contributed by atoms with E-state index in [-0.39, 0.29) is 29.7 Å². The molecule has 1 aromatic carbocycles. The van der Waals surface area contributed by atoms with E-state index in [1.807, 2.05) is 57.3 Å². The molecule has 2 aromatic rings. The zero-order valence-corrected chi connectivity index (χ0v) is 22.6. The lowest BCUT2D eigenvalue weighted by Crippen LogP contribution is -2.50. The van der Waals surface area contributed by atoms with E-state index < -0.39 is 17.7 Å². The number of nitrogens with one attached hydrogen (secondary N) is 2. The predicted molar refractivity (Wildman–Crippen MR) is 138 cm³/mol. The Bertz CT molecular complexity index is 1050. The van der Waals surface area contributed by atoms with E-state index >= 15 is 0 Å². The highest BCUT2D eigenvalue weighted by Crippen LogP contribution is 2.28. The number of benzene rings is 1. The first-order valence-electron chi connectivity index (χ1n) is 12.4. The lowest BCUT2D eigenvalue weighted by atomic mass is 9.83. The molecule has 1 aliphatic rings. The lowest BCUT2D eigenvalue weighted by Gasteiger charge is -2.31. The van der Waals surface area contributed by atoms with Gasteiger partial charge in [-0.25, -0.2) is 0 Å². The van der Waals surface area contributed by atoms with Gasteiger partial charge in [0.2, 0.25) is 17.7 Å². The molecule has 0 radical (unpaired) electrons. The quantitative estimate of drug-likeness (QED) is 0.461. The van der Waals surface area contributed by atoms with Crippen molar-refractivity contribution >= 4 is 29.5 Å². The minimum Gasteiger partial charge on any atom is -0.415 e. The maximum atomic E-state index is 13.2. The molecule has 1 aromatic heterocycles. The molecule has 3 atom stereocenters. The van der Waals surface area contributed by atoms with Gasteiger partial charge in [0.05, 0.1) is 5.92 Å². The van der Waals surface area contributed by atoms with Crippen molar-refractivity contribution < 1.29 is 18.8 Å². The van der Waals surface area contributed by atoms with Crippen LogP contribution in [0.3, 0.4) is 0 Å². The smallest absolute Gasteiger partial charge is 0.276 e. The standard InChI is InChI=1S/C26H37N5O4S/c1-16(2)13-20(25-29-30-26(35-25)36-5)24(34)28-23(33)19-11-6-7-12-21(19)27-22(32)18-10-8-9-17(14-18)15-31(3)4/h8-10,14,16,19-21H,6-7,11-13,15H2,1-5H3,(H,27,32)(H,28,33,34)/t19-,20?,21+/m1/s1. The number of hydrogen-bond donors (Lipinski definition) is 2. The molecule has 0 spiro atoms. The van der Waals surface area contributed by atoms with Gasteiger partial charge in [-0.15, -0.1) is 10.2 Å². The Morgan fingerprint density at radius 3 is 2.58 bits per heavy atom. The molecule has 3 rings (SSSR count). The van der Waals surface area contributed by atoms with E-state index in [4.69, 9.17) is 4.42 Å². The summed E-state index contributed by atoms with van der Waals surface area (Å²) in [5, 5.41) is 14.0. The monoisotopic (exact) mass is 515 g/mol. The van der Waals surface area contributed by atoms with Crippen LogP contribution in [-0.2, 0) is 16.1 Å². The summed E-state index contributed by atoms with van der Waals surface area (Å²) in [6, 6.07) is 7.16. The first kappa shape index (κ1) is 27.9. The van der Waals surface area contributed by atoms with Gasteiger partial charge < -0.3 is 14.6 Å². The Kier molecular flexibility index (Phi) is 10.1. The van der Waals surface area contributed by atoms with Crippen LogP contribution in [0, 0.1) is 11.8 Å². The average Bonchev–Trinajstić information content (AvgIpc) is 3.31. The minimum atomic E-state index is -0.710. The molecular formula is C26H37N5O4S. The maximum Gasteiger partial charge on any atom is 0.276 e. The van der Waals surface area contributed by atoms with Crippen LogP contribution in [0.15, 0.2) is 33.9 Å². The van der Waals surface area contributed by atoms with Gasteiger partial charge in [0.25, 0.3) is 11.1 Å². The number of hydrogen-bond acceptors (Lipinski definition) is 8. The molecule has 0 saturated heterocycles. The lowest BCUT2D eigenvalue weighted by molar-refractivity contribution is -0.135. The second-order valence-electron chi connectivity index (χ2n) is 10.1. The highest BCUT2D eigenvalue weighted by molar-refractivity contribution is 7.98. The summed E-state index contributed by atoms with van der Waals surface area (Å²) in [5.74, 6) is -1.82. The SMILES string of the molecule is CSc1nnc(C(CC(C)C)C(=O)NC(=O)[C@@H]2CCCC[C@@H]2NC(=O)c2cccc(CN(C)C)c2)o1. The molecule has 1 saturated carbocycles. The average molecular weight is 516 g/mol. The molecule has 1 aliphatic carbocycles. The first-order valence-corrected chi connectivity index (χ1v) is 13.7. The van der Waals surface area contributed by atoms with Crippen LogP contribution in [0.5, 0.6) is 0 Å². The topological polar surface area (TPSA) is 117 Å². The Morgan fingerprint density at radius 2 is 1.92 bits per heavy atom. The molecular weight excluding hydrogens is 478 g/mol. The number of aromatic nitrogens is 2. The van der Waals surface area contributed by atoms with Crippen molar-refractivity contribution in [3.05, 3.63) is 41.3 Å². The molecule has 1 fully saturated rings. The van der Waals surface area contributed by atoms with E-state index in [9.17, 15) is 14.4 Å². The van der Waals surface area contributed by atoms with E-state index in [0.717, 1.165) is 24.9 Å². The highest BCUT2D eigenvalue weighted by Gasteiger charge is 2.35. The second kappa shape index (κ2) is 13.0. The van der Waals surface area contributed by atoms with Gasteiger partial charge in [-0.3, -0.25) is 19.7 Å². The van der Waals surface area contributed by atoms with Gasteiger partial charge in [-0.2, -0.15) is 0 Å². The van der Waals surface area contributed by atoms with Crippen molar-refractivity contribution in [1.29, 1.82) is 0 Å². The van der Waals surface area contributed by atoms with Crippen molar-refractivity contribution in [2.45, 2.75) is 69.7 Å². The Balaban J connectivity index is 1.69. The van der Waals surface area contributed by atoms with Gasteiger partial charge in [-0.1, -0.05) is 50.6 Å². The summed E-state index contributed by atoms with van der Waals surface area (Å²) in [5.41, 5.74) is 1.60. The highest BCUT2D eigenvalue weighted by atomic mass is 32.2. The zero-order valence-electron chi connectivity index (χ0n) is 21.7. The van der Waals surface area contributed by atoms with E-state index in [2.05, 4.69) is 20.8 Å². The Hall–Kier alpha value is -2.72. The molecule has 1 heterocycles. The molecule has 1 unspecified atom stereocenters. The molecule has 9 nitrogen and oxygen atoms in total. The second-order valence-corrected chi connectivity index (χ2v) is 10.8. The molecule has 0 bridgehead atoms. The van der Waals surface area contributed by atoms with Crippen molar-refractivity contribution in [3.8, 4) is 0 Å². The number of carbonyl (C=O) groups is 3. The summed E-state index contributed by atoms with van der Waals surface area (Å²) >= 11 is 1.30. The van der Waals surface area contributed by atoms with Crippen LogP contribution >= 0.6 is 11.8 Å². The number of amides is 3. The summed E-state index contributed by atoms with van der Waals surface area (Å²) in [7, 11) is 3.95. The number of nitrogens with zero attached hydrogens (tertiary/aromatic N) is 3. The summed E-state index contributed by atoms with van der Waals surface area (Å²) < 4.78 is 5.61. The van der Waals surface area contributed by atoms with Crippen molar-refractivity contribution in [3.63, 3.8) is 0 Å². The largest absolute Gasteiger partial charge is 0.415 e. The van der Waals surface area contributed by atoms with Crippen LogP contribution in [0.25, 0.3) is 0 Å². The van der Waals surface area contributed by atoms with Crippen LogP contribution in [-0.4, -0.2) is 59.2 Å². The first-order chi connectivity index (χ1) is 17.2. The van der Waals surface area contributed by atoms with Gasteiger partial charge in [0.1, 0.15) is 5.92 Å². The molecule has 10 heteroatoms. The molecule has 196 valence electrons. The molecule has 0 aliphatic heterocycles. The Labute approximate surface area is 217 Å². The van der Waals surface area contributed by atoms with Gasteiger partial charge >= 0.3 is 0 Å². The third kappa shape index (κ3) is 7.64. The molecule has 36 heavy (non-hydrogen) atoms. The van der Waals surface area contributed by atoms with Gasteiger partial charge in [0.15, 0.2) is 0 Å². The van der Waals surface area contributed by atoms with Crippen molar-refractivity contribution in [2.75, 3.05) is 20.4 Å². The fraction of sp³-hybridized carbons (Fsp3) is 0.577. The van der Waals surface area contributed by atoms with Crippen LogP contribution < -0.4 is 10.6 Å². The fourth-order valence-electron chi connectivity index (χ4n) is 4.58. The zero-order chi connectivity index (χ0) is 26.2. The molecule has 3 amide bonds. The maximum absolute atomic E-state index is 13.2. The normalized spacial score (nSPS) is 18.8. The summed E-state index contributed by atoms with van der Waals surface area (Å²) in [6.45, 7) is 4.72. The minimum absolute atomic E-state index is 0.186. The van der Waals surface area contributed by atoms with Crippen molar-refractivity contribution in [2.24, 2.45) is 11.8 Å².